The molecule has 0 rings (SSSR count). The largest absolute Gasteiger partial charge is 0.295 e. The van der Waals surface area contributed by atoms with Crippen LogP contribution in [0.2, 0.25) is 0 Å². The number of allylic oxidation sites excluding steroid dienone is 4. The average Bonchev–Trinajstić information content (AvgIpc) is 2.25. The van der Waals surface area contributed by atoms with E-state index in [0.717, 1.165) is 5.57 Å². The van der Waals surface area contributed by atoms with Crippen LogP contribution < -0.4 is 0 Å². The fourth-order valence-electron chi connectivity index (χ4n) is 1.67. The summed E-state index contributed by atoms with van der Waals surface area (Å²) in [6, 6.07) is 0. The Morgan fingerprint density at radius 2 is 1.45 bits per heavy atom. The number of rotatable bonds is 6. The molecule has 0 fully saturated rings. The minimum Gasteiger partial charge on any atom is -0.282 e. The molecule has 3 nitrogen and oxygen atoms in total. The van der Waals surface area contributed by atoms with Gasteiger partial charge in [-0.25, -0.2) is 0 Å². The van der Waals surface area contributed by atoms with Crippen molar-refractivity contribution < 1.29 is 13.0 Å². The maximum Gasteiger partial charge on any atom is 0.295 e. The first kappa shape index (κ1) is 19.1. The summed E-state index contributed by atoms with van der Waals surface area (Å²) in [6.07, 6.45) is 1.87. The van der Waals surface area contributed by atoms with Crippen LogP contribution in [0.5, 0.6) is 0 Å². The second-order valence-corrected chi connectivity index (χ2v) is 7.50. The monoisotopic (exact) mass is 300 g/mol. The van der Waals surface area contributed by atoms with Gasteiger partial charge in [0, 0.05) is 0 Å². The Kier molecular flexibility index (Phi) is 6.91. The van der Waals surface area contributed by atoms with Crippen molar-refractivity contribution >= 4 is 10.1 Å². The predicted molar refractivity (Wildman–Crippen MR) is 86.0 cm³/mol. The standard InChI is InChI=1S/C16H28O3S/c1-10(2)13(7)9-15(12(5)6)16(20(17,18)19)14(8)11(3)4/h9-12H,8H2,1-7H3,(H,17,18,19)/b13-9+,16-15-. The van der Waals surface area contributed by atoms with Crippen LogP contribution in [0.15, 0.2) is 34.3 Å². The van der Waals surface area contributed by atoms with E-state index in [1.54, 1.807) is 0 Å². The van der Waals surface area contributed by atoms with Crippen LogP contribution in [0.25, 0.3) is 0 Å². The predicted octanol–water partition coefficient (Wildman–Crippen LogP) is 4.60. The molecule has 1 N–H and O–H groups in total. The zero-order valence-electron chi connectivity index (χ0n) is 13.7. The van der Waals surface area contributed by atoms with Gasteiger partial charge < -0.3 is 0 Å². The molecule has 0 aliphatic carbocycles. The van der Waals surface area contributed by atoms with Gasteiger partial charge in [-0.1, -0.05) is 59.8 Å². The lowest BCUT2D eigenvalue weighted by molar-refractivity contribution is 0.489. The molecule has 0 aromatic carbocycles. The van der Waals surface area contributed by atoms with Crippen molar-refractivity contribution in [3.05, 3.63) is 34.3 Å². The van der Waals surface area contributed by atoms with E-state index in [9.17, 15) is 13.0 Å². The smallest absolute Gasteiger partial charge is 0.282 e. The molecule has 0 aromatic rings. The van der Waals surface area contributed by atoms with Gasteiger partial charge in [-0.3, -0.25) is 4.55 Å². The minimum absolute atomic E-state index is 0.0175. The van der Waals surface area contributed by atoms with E-state index in [1.807, 2.05) is 54.5 Å². The molecule has 0 unspecified atom stereocenters. The summed E-state index contributed by atoms with van der Waals surface area (Å²) in [6.45, 7) is 17.5. The van der Waals surface area contributed by atoms with Crippen molar-refractivity contribution in [2.24, 2.45) is 17.8 Å². The minimum atomic E-state index is -4.29. The molecule has 0 amide bonds. The van der Waals surface area contributed by atoms with Crippen LogP contribution in [0, 0.1) is 17.8 Å². The lowest BCUT2D eigenvalue weighted by atomic mass is 9.92. The zero-order valence-corrected chi connectivity index (χ0v) is 14.5. The Balaban J connectivity index is 6.36. The summed E-state index contributed by atoms with van der Waals surface area (Å²) in [7, 11) is -4.29. The van der Waals surface area contributed by atoms with Crippen molar-refractivity contribution in [3.63, 3.8) is 0 Å². The molecule has 116 valence electrons. The van der Waals surface area contributed by atoms with E-state index < -0.39 is 10.1 Å². The van der Waals surface area contributed by atoms with Crippen LogP contribution in [-0.4, -0.2) is 13.0 Å². The zero-order chi connectivity index (χ0) is 16.2. The molecule has 0 saturated heterocycles. The Labute approximate surface area is 124 Å². The van der Waals surface area contributed by atoms with Gasteiger partial charge in [-0.05, 0) is 35.8 Å². The van der Waals surface area contributed by atoms with Gasteiger partial charge in [-0.2, -0.15) is 8.42 Å². The topological polar surface area (TPSA) is 54.4 Å². The van der Waals surface area contributed by atoms with E-state index in [1.165, 1.54) is 0 Å². The Bertz CT molecular complexity index is 518. The second kappa shape index (κ2) is 7.23. The second-order valence-electron chi connectivity index (χ2n) is 6.14. The third-order valence-electron chi connectivity index (χ3n) is 3.42. The van der Waals surface area contributed by atoms with Crippen LogP contribution in [0.1, 0.15) is 48.5 Å². The lowest BCUT2D eigenvalue weighted by Gasteiger charge is -2.19. The quantitative estimate of drug-likeness (QED) is 0.576. The van der Waals surface area contributed by atoms with Crippen molar-refractivity contribution in [1.29, 1.82) is 0 Å². The highest BCUT2D eigenvalue weighted by Gasteiger charge is 2.25. The molecular formula is C16H28O3S. The Morgan fingerprint density at radius 3 is 1.70 bits per heavy atom. The molecule has 0 atom stereocenters. The van der Waals surface area contributed by atoms with Crippen LogP contribution in [0.3, 0.4) is 0 Å². The molecule has 0 aliphatic heterocycles. The van der Waals surface area contributed by atoms with Gasteiger partial charge in [0.25, 0.3) is 10.1 Å². The molecule has 0 radical (unpaired) electrons. The van der Waals surface area contributed by atoms with Crippen LogP contribution >= 0.6 is 0 Å². The van der Waals surface area contributed by atoms with Gasteiger partial charge in [0.05, 0.1) is 0 Å². The molecule has 0 bridgehead atoms. The van der Waals surface area contributed by atoms with Gasteiger partial charge in [-0.15, -0.1) is 0 Å². The molecule has 0 saturated carbocycles. The summed E-state index contributed by atoms with van der Waals surface area (Å²) in [5.41, 5.74) is 2.15. The first-order valence-corrected chi connectivity index (χ1v) is 8.42. The first-order chi connectivity index (χ1) is 8.89. The summed E-state index contributed by atoms with van der Waals surface area (Å²) in [5, 5.41) is 0. The van der Waals surface area contributed by atoms with Crippen molar-refractivity contribution in [2.75, 3.05) is 0 Å². The molecule has 0 aromatic heterocycles. The molecule has 0 aliphatic rings. The van der Waals surface area contributed by atoms with Crippen molar-refractivity contribution in [3.8, 4) is 0 Å². The molecule has 4 heteroatoms. The van der Waals surface area contributed by atoms with E-state index in [2.05, 4.69) is 6.58 Å². The summed E-state index contributed by atoms with van der Waals surface area (Å²) < 4.78 is 33.2. The van der Waals surface area contributed by atoms with Gasteiger partial charge >= 0.3 is 0 Å². The van der Waals surface area contributed by atoms with E-state index in [4.69, 9.17) is 0 Å². The van der Waals surface area contributed by atoms with Crippen LogP contribution in [0.4, 0.5) is 0 Å². The molecule has 0 heterocycles. The highest BCUT2D eigenvalue weighted by molar-refractivity contribution is 7.90. The van der Waals surface area contributed by atoms with Gasteiger partial charge in [0.2, 0.25) is 0 Å². The maximum absolute atomic E-state index is 11.8. The van der Waals surface area contributed by atoms with Gasteiger partial charge in [0.15, 0.2) is 0 Å². The maximum atomic E-state index is 11.8. The number of hydrogen-bond donors (Lipinski definition) is 1. The third kappa shape index (κ3) is 5.25. The lowest BCUT2D eigenvalue weighted by Crippen LogP contribution is -2.13. The SMILES string of the molecule is C=C(/C(=C(\C=C(/C)C(C)C)C(C)C)S(=O)(=O)O)C(C)C. The average molecular weight is 300 g/mol. The first-order valence-electron chi connectivity index (χ1n) is 6.98. The van der Waals surface area contributed by atoms with E-state index in [0.29, 0.717) is 17.1 Å². The fourth-order valence-corrected chi connectivity index (χ4v) is 2.83. The highest BCUT2D eigenvalue weighted by Crippen LogP contribution is 2.31. The summed E-state index contributed by atoms with van der Waals surface area (Å²) in [5.74, 6) is 0.253. The summed E-state index contributed by atoms with van der Waals surface area (Å²) in [4.78, 5) is -0.0255. The van der Waals surface area contributed by atoms with Crippen LogP contribution in [-0.2, 0) is 10.1 Å². The molecule has 20 heavy (non-hydrogen) atoms. The molecule has 0 spiro atoms. The normalized spacial score (nSPS) is 15.1. The van der Waals surface area contributed by atoms with Gasteiger partial charge in [0.1, 0.15) is 4.91 Å². The van der Waals surface area contributed by atoms with E-state index >= 15 is 0 Å². The molecular weight excluding hydrogens is 272 g/mol. The Hall–Kier alpha value is -0.870. The fraction of sp³-hybridized carbons (Fsp3) is 0.625. The van der Waals surface area contributed by atoms with E-state index in [-0.39, 0.29) is 16.7 Å². The summed E-state index contributed by atoms with van der Waals surface area (Å²) >= 11 is 0. The Morgan fingerprint density at radius 1 is 1.00 bits per heavy atom. The number of hydrogen-bond acceptors (Lipinski definition) is 2. The third-order valence-corrected chi connectivity index (χ3v) is 4.44. The highest BCUT2D eigenvalue weighted by atomic mass is 32.2. The van der Waals surface area contributed by atoms with Crippen molar-refractivity contribution in [2.45, 2.75) is 48.5 Å². The van der Waals surface area contributed by atoms with Crippen molar-refractivity contribution in [1.82, 2.24) is 0 Å².